The molecule has 0 aliphatic carbocycles. The zero-order chi connectivity index (χ0) is 17.1. The Bertz CT molecular complexity index is 492. The molecule has 0 spiro atoms. The van der Waals surface area contributed by atoms with Crippen molar-refractivity contribution in [2.75, 3.05) is 44.1 Å². The van der Waals surface area contributed by atoms with Crippen LogP contribution in [-0.4, -0.2) is 45.2 Å². The van der Waals surface area contributed by atoms with E-state index in [-0.39, 0.29) is 24.0 Å². The molecule has 0 bridgehead atoms. The lowest BCUT2D eigenvalue weighted by Gasteiger charge is -2.18. The van der Waals surface area contributed by atoms with Crippen LogP contribution in [0.5, 0.6) is 0 Å². The van der Waals surface area contributed by atoms with Gasteiger partial charge in [-0.05, 0) is 55.9 Å². The van der Waals surface area contributed by atoms with Gasteiger partial charge in [-0.3, -0.25) is 0 Å². The second kappa shape index (κ2) is 13.6. The van der Waals surface area contributed by atoms with Crippen LogP contribution in [-0.2, 0) is 6.54 Å². The summed E-state index contributed by atoms with van der Waals surface area (Å²) >= 11 is 1.91. The van der Waals surface area contributed by atoms with Gasteiger partial charge in [0.15, 0.2) is 5.96 Å². The van der Waals surface area contributed by atoms with Crippen LogP contribution in [0, 0.1) is 6.92 Å². The van der Waals surface area contributed by atoms with Crippen LogP contribution in [0.15, 0.2) is 23.2 Å². The molecule has 138 valence electrons. The number of halogens is 1. The second-order valence-electron chi connectivity index (χ2n) is 5.85. The number of nitrogens with one attached hydrogen (secondary N) is 2. The van der Waals surface area contributed by atoms with Crippen molar-refractivity contribution in [3.63, 3.8) is 0 Å². The standard InChI is InChI=1S/C18H32N4S.HI/c1-6-19-18(20-11-7-8-12-23-5)21-14-16-10-9-15(2)13-17(16)22(3)4;/h9-10,13H,6-8,11-12,14H2,1-5H3,(H2,19,20,21);1H. The highest BCUT2D eigenvalue weighted by Crippen LogP contribution is 2.21. The fourth-order valence-electron chi connectivity index (χ4n) is 2.31. The number of anilines is 1. The summed E-state index contributed by atoms with van der Waals surface area (Å²) in [5, 5.41) is 6.75. The largest absolute Gasteiger partial charge is 0.377 e. The fourth-order valence-corrected chi connectivity index (χ4v) is 2.80. The van der Waals surface area contributed by atoms with E-state index in [1.807, 2.05) is 11.8 Å². The molecule has 0 fully saturated rings. The zero-order valence-corrected chi connectivity index (χ0v) is 18.8. The Hall–Kier alpha value is -0.630. The van der Waals surface area contributed by atoms with Crippen molar-refractivity contribution in [3.05, 3.63) is 29.3 Å². The summed E-state index contributed by atoms with van der Waals surface area (Å²) < 4.78 is 0. The van der Waals surface area contributed by atoms with Gasteiger partial charge < -0.3 is 15.5 Å². The van der Waals surface area contributed by atoms with Gasteiger partial charge in [0.2, 0.25) is 0 Å². The fraction of sp³-hybridized carbons (Fsp3) is 0.611. The number of aryl methyl sites for hydroxylation is 1. The minimum atomic E-state index is 0. The molecule has 4 nitrogen and oxygen atoms in total. The molecule has 24 heavy (non-hydrogen) atoms. The first-order chi connectivity index (χ1) is 11.1. The van der Waals surface area contributed by atoms with Crippen LogP contribution in [0.3, 0.4) is 0 Å². The van der Waals surface area contributed by atoms with Crippen LogP contribution in [0.4, 0.5) is 5.69 Å². The predicted molar refractivity (Wildman–Crippen MR) is 121 cm³/mol. The second-order valence-corrected chi connectivity index (χ2v) is 6.83. The summed E-state index contributed by atoms with van der Waals surface area (Å²) in [7, 11) is 4.16. The molecule has 0 radical (unpaired) electrons. The van der Waals surface area contributed by atoms with Crippen molar-refractivity contribution < 1.29 is 0 Å². The topological polar surface area (TPSA) is 39.7 Å². The minimum Gasteiger partial charge on any atom is -0.377 e. The number of hydrogen-bond acceptors (Lipinski definition) is 3. The quantitative estimate of drug-likeness (QED) is 0.252. The van der Waals surface area contributed by atoms with E-state index >= 15 is 0 Å². The molecule has 2 N–H and O–H groups in total. The van der Waals surface area contributed by atoms with Gasteiger partial charge in [-0.15, -0.1) is 24.0 Å². The van der Waals surface area contributed by atoms with Crippen LogP contribution < -0.4 is 15.5 Å². The lowest BCUT2D eigenvalue weighted by molar-refractivity contribution is 0.734. The van der Waals surface area contributed by atoms with Crippen molar-refractivity contribution in [2.24, 2.45) is 4.99 Å². The molecule has 1 aromatic rings. The van der Waals surface area contributed by atoms with E-state index in [0.717, 1.165) is 19.0 Å². The monoisotopic (exact) mass is 464 g/mol. The number of unbranched alkanes of at least 4 members (excludes halogenated alkanes) is 1. The van der Waals surface area contributed by atoms with Crippen molar-refractivity contribution in [2.45, 2.75) is 33.2 Å². The highest BCUT2D eigenvalue weighted by Gasteiger charge is 2.05. The average molecular weight is 464 g/mol. The molecule has 0 heterocycles. The maximum atomic E-state index is 4.74. The summed E-state index contributed by atoms with van der Waals surface area (Å²) in [6.45, 7) is 6.77. The maximum Gasteiger partial charge on any atom is 0.191 e. The van der Waals surface area contributed by atoms with Gasteiger partial charge in [-0.25, -0.2) is 4.99 Å². The lowest BCUT2D eigenvalue weighted by Crippen LogP contribution is -2.37. The molecule has 0 saturated carbocycles. The van der Waals surface area contributed by atoms with Gasteiger partial charge in [-0.2, -0.15) is 11.8 Å². The summed E-state index contributed by atoms with van der Waals surface area (Å²) in [6, 6.07) is 6.55. The smallest absolute Gasteiger partial charge is 0.191 e. The van der Waals surface area contributed by atoms with E-state index in [4.69, 9.17) is 4.99 Å². The number of hydrogen-bond donors (Lipinski definition) is 2. The van der Waals surface area contributed by atoms with Crippen LogP contribution in [0.25, 0.3) is 0 Å². The lowest BCUT2D eigenvalue weighted by atomic mass is 10.1. The molecule has 0 aromatic heterocycles. The van der Waals surface area contributed by atoms with Gasteiger partial charge in [-0.1, -0.05) is 12.1 Å². The molecule has 0 amide bonds. The van der Waals surface area contributed by atoms with E-state index in [0.29, 0.717) is 6.54 Å². The van der Waals surface area contributed by atoms with Crippen LogP contribution in [0.1, 0.15) is 30.9 Å². The zero-order valence-electron chi connectivity index (χ0n) is 15.7. The summed E-state index contributed by atoms with van der Waals surface area (Å²) in [6.07, 6.45) is 4.58. The third-order valence-electron chi connectivity index (χ3n) is 3.54. The van der Waals surface area contributed by atoms with Crippen molar-refractivity contribution >= 4 is 47.4 Å². The number of thioether (sulfide) groups is 1. The van der Waals surface area contributed by atoms with Crippen LogP contribution in [0.2, 0.25) is 0 Å². The van der Waals surface area contributed by atoms with E-state index in [1.54, 1.807) is 0 Å². The summed E-state index contributed by atoms with van der Waals surface area (Å²) in [5.74, 6) is 2.13. The Balaban J connectivity index is 0.00000529. The number of guanidine groups is 1. The molecular weight excluding hydrogens is 431 g/mol. The SMILES string of the molecule is CCNC(=NCc1ccc(C)cc1N(C)C)NCCCCSC.I. The first-order valence-corrected chi connectivity index (χ1v) is 9.75. The highest BCUT2D eigenvalue weighted by atomic mass is 127. The number of aliphatic imine (C=N–C) groups is 1. The number of benzene rings is 1. The minimum absolute atomic E-state index is 0. The van der Waals surface area contributed by atoms with Gasteiger partial charge in [0.1, 0.15) is 0 Å². The number of nitrogens with zero attached hydrogens (tertiary/aromatic N) is 2. The third kappa shape index (κ3) is 9.01. The van der Waals surface area contributed by atoms with E-state index in [2.05, 4.69) is 67.9 Å². The van der Waals surface area contributed by atoms with Gasteiger partial charge in [0.25, 0.3) is 0 Å². The average Bonchev–Trinajstić information content (AvgIpc) is 2.53. The molecule has 6 heteroatoms. The highest BCUT2D eigenvalue weighted by molar-refractivity contribution is 14.0. The van der Waals surface area contributed by atoms with Gasteiger partial charge in [0.05, 0.1) is 6.54 Å². The molecule has 0 atom stereocenters. The Kier molecular flexibility index (Phi) is 13.3. The normalized spacial score (nSPS) is 11.0. The van der Waals surface area contributed by atoms with Crippen molar-refractivity contribution in [3.8, 4) is 0 Å². The Morgan fingerprint density at radius 2 is 1.96 bits per heavy atom. The molecule has 1 aromatic carbocycles. The molecule has 0 aliphatic heterocycles. The maximum absolute atomic E-state index is 4.74. The first-order valence-electron chi connectivity index (χ1n) is 8.36. The van der Waals surface area contributed by atoms with Crippen LogP contribution >= 0.6 is 35.7 Å². The first kappa shape index (κ1) is 23.4. The van der Waals surface area contributed by atoms with Crippen molar-refractivity contribution in [1.29, 1.82) is 0 Å². The Morgan fingerprint density at radius 1 is 1.21 bits per heavy atom. The van der Waals surface area contributed by atoms with Gasteiger partial charge in [0, 0.05) is 32.9 Å². The van der Waals surface area contributed by atoms with Crippen molar-refractivity contribution in [1.82, 2.24) is 10.6 Å². The van der Waals surface area contributed by atoms with E-state index < -0.39 is 0 Å². The molecule has 1 rings (SSSR count). The van der Waals surface area contributed by atoms with E-state index in [9.17, 15) is 0 Å². The molecular formula is C18H33IN4S. The Morgan fingerprint density at radius 3 is 2.58 bits per heavy atom. The predicted octanol–water partition coefficient (Wildman–Crippen LogP) is 3.88. The van der Waals surface area contributed by atoms with Gasteiger partial charge >= 0.3 is 0 Å². The third-order valence-corrected chi connectivity index (χ3v) is 4.24. The number of rotatable bonds is 9. The Labute approximate surface area is 169 Å². The summed E-state index contributed by atoms with van der Waals surface area (Å²) in [4.78, 5) is 6.89. The molecule has 0 unspecified atom stereocenters. The molecule has 0 saturated heterocycles. The molecule has 0 aliphatic rings. The van der Waals surface area contributed by atoms with E-state index in [1.165, 1.54) is 35.4 Å². The summed E-state index contributed by atoms with van der Waals surface area (Å²) in [5.41, 5.74) is 3.77.